The van der Waals surface area contributed by atoms with Crippen LogP contribution >= 0.6 is 0 Å². The minimum Gasteiger partial charge on any atom is -0.444 e. The van der Waals surface area contributed by atoms with Gasteiger partial charge in [0.05, 0.1) is 18.7 Å². The van der Waals surface area contributed by atoms with E-state index in [1.807, 2.05) is 40.1 Å². The maximum Gasteiger partial charge on any atom is 0.236 e. The number of oxazole rings is 1. The highest BCUT2D eigenvalue weighted by Gasteiger charge is 2.25. The van der Waals surface area contributed by atoms with Crippen molar-refractivity contribution in [1.82, 2.24) is 19.7 Å². The highest BCUT2D eigenvalue weighted by Crippen LogP contribution is 2.18. The molecule has 0 unspecified atom stereocenters. The van der Waals surface area contributed by atoms with Crippen LogP contribution in [0, 0.1) is 0 Å². The van der Waals surface area contributed by atoms with Crippen LogP contribution < -0.4 is 0 Å². The zero-order chi connectivity index (χ0) is 20.1. The highest BCUT2D eigenvalue weighted by molar-refractivity contribution is 5.79. The van der Waals surface area contributed by atoms with Crippen LogP contribution in [0.4, 0.5) is 0 Å². The molecular formula is C22H28N4O3. The molecule has 0 atom stereocenters. The fraction of sp³-hybridized carbons (Fsp3) is 0.500. The van der Waals surface area contributed by atoms with Gasteiger partial charge in [-0.2, -0.15) is 0 Å². The number of amides is 2. The van der Waals surface area contributed by atoms with E-state index in [4.69, 9.17) is 4.42 Å². The van der Waals surface area contributed by atoms with Gasteiger partial charge in [-0.3, -0.25) is 14.5 Å². The number of piperazine rings is 1. The summed E-state index contributed by atoms with van der Waals surface area (Å²) in [6.45, 7) is 5.01. The first-order valence-corrected chi connectivity index (χ1v) is 10.5. The summed E-state index contributed by atoms with van der Waals surface area (Å²) >= 11 is 0. The van der Waals surface area contributed by atoms with Gasteiger partial charge in [-0.25, -0.2) is 4.98 Å². The van der Waals surface area contributed by atoms with Gasteiger partial charge in [-0.1, -0.05) is 18.2 Å². The fourth-order valence-corrected chi connectivity index (χ4v) is 3.96. The summed E-state index contributed by atoms with van der Waals surface area (Å²) in [5.74, 6) is 0.815. The molecular weight excluding hydrogens is 368 g/mol. The molecule has 4 rings (SSSR count). The van der Waals surface area contributed by atoms with Crippen molar-refractivity contribution < 1.29 is 14.0 Å². The van der Waals surface area contributed by atoms with Crippen LogP contribution in [0.1, 0.15) is 25.0 Å². The van der Waals surface area contributed by atoms with Crippen molar-refractivity contribution >= 4 is 11.8 Å². The molecule has 154 valence electrons. The Morgan fingerprint density at radius 2 is 1.55 bits per heavy atom. The smallest absolute Gasteiger partial charge is 0.236 e. The van der Waals surface area contributed by atoms with Gasteiger partial charge in [-0.15, -0.1) is 0 Å². The van der Waals surface area contributed by atoms with Gasteiger partial charge in [0.1, 0.15) is 6.26 Å². The predicted molar refractivity (Wildman–Crippen MR) is 109 cm³/mol. The first-order chi connectivity index (χ1) is 14.2. The molecule has 2 aliphatic rings. The summed E-state index contributed by atoms with van der Waals surface area (Å²) in [5.41, 5.74) is 1.55. The molecule has 1 aromatic heterocycles. The van der Waals surface area contributed by atoms with Gasteiger partial charge in [0.15, 0.2) is 0 Å². The Bertz CT molecular complexity index is 822. The number of hydrogen-bond donors (Lipinski definition) is 0. The third kappa shape index (κ3) is 5.03. The fourth-order valence-electron chi connectivity index (χ4n) is 3.96. The van der Waals surface area contributed by atoms with E-state index in [-0.39, 0.29) is 18.2 Å². The quantitative estimate of drug-likeness (QED) is 0.774. The molecule has 0 radical (unpaired) electrons. The first kappa shape index (κ1) is 19.6. The SMILES string of the molecule is O=C(Cc1coc(-c2ccccc2)n1)N1CCN(CC(=O)N2CCCCC2)CC1. The largest absolute Gasteiger partial charge is 0.444 e. The topological polar surface area (TPSA) is 69.9 Å². The Hall–Kier alpha value is -2.67. The molecule has 0 saturated carbocycles. The summed E-state index contributed by atoms with van der Waals surface area (Å²) < 4.78 is 5.53. The normalized spacial score (nSPS) is 18.1. The standard InChI is InChI=1S/C22H28N4O3/c27-20(15-19-17-29-22(23-19)18-7-3-1-4-8-18)26-13-11-24(12-14-26)16-21(28)25-9-5-2-6-10-25/h1,3-4,7-8,17H,2,5-6,9-16H2. The number of likely N-dealkylation sites (tertiary alicyclic amines) is 1. The Morgan fingerprint density at radius 1 is 0.862 bits per heavy atom. The van der Waals surface area contributed by atoms with Gasteiger partial charge in [0.25, 0.3) is 0 Å². The zero-order valence-electron chi connectivity index (χ0n) is 16.8. The Kier molecular flexibility index (Phi) is 6.24. The van der Waals surface area contributed by atoms with E-state index in [0.717, 1.165) is 44.6 Å². The predicted octanol–water partition coefficient (Wildman–Crippen LogP) is 2.04. The summed E-state index contributed by atoms with van der Waals surface area (Å²) in [6, 6.07) is 9.67. The molecule has 7 heteroatoms. The van der Waals surface area contributed by atoms with E-state index in [1.54, 1.807) is 6.26 Å². The van der Waals surface area contributed by atoms with Crippen molar-refractivity contribution in [3.63, 3.8) is 0 Å². The Morgan fingerprint density at radius 3 is 2.28 bits per heavy atom. The molecule has 29 heavy (non-hydrogen) atoms. The second-order valence-corrected chi connectivity index (χ2v) is 7.79. The zero-order valence-corrected chi connectivity index (χ0v) is 16.8. The van der Waals surface area contributed by atoms with Gasteiger partial charge >= 0.3 is 0 Å². The number of aromatic nitrogens is 1. The number of carbonyl (C=O) groups excluding carboxylic acids is 2. The second kappa shape index (κ2) is 9.22. The Labute approximate surface area is 171 Å². The van der Waals surface area contributed by atoms with E-state index in [9.17, 15) is 9.59 Å². The molecule has 7 nitrogen and oxygen atoms in total. The minimum atomic E-state index is 0.0555. The maximum absolute atomic E-state index is 12.6. The van der Waals surface area contributed by atoms with Crippen LogP contribution in [0.2, 0.25) is 0 Å². The van der Waals surface area contributed by atoms with Crippen LogP contribution in [0.25, 0.3) is 11.5 Å². The highest BCUT2D eigenvalue weighted by atomic mass is 16.3. The lowest BCUT2D eigenvalue weighted by molar-refractivity contribution is -0.135. The number of nitrogens with zero attached hydrogens (tertiary/aromatic N) is 4. The van der Waals surface area contributed by atoms with Crippen LogP contribution in [0.3, 0.4) is 0 Å². The molecule has 2 amide bonds. The molecule has 0 N–H and O–H groups in total. The van der Waals surface area contributed by atoms with E-state index in [0.29, 0.717) is 31.2 Å². The number of hydrogen-bond acceptors (Lipinski definition) is 5. The van der Waals surface area contributed by atoms with Crippen LogP contribution in [0.5, 0.6) is 0 Å². The number of benzene rings is 1. The summed E-state index contributed by atoms with van der Waals surface area (Å²) in [5, 5.41) is 0. The van der Waals surface area contributed by atoms with Crippen LogP contribution in [-0.4, -0.2) is 77.3 Å². The third-order valence-corrected chi connectivity index (χ3v) is 5.70. The monoisotopic (exact) mass is 396 g/mol. The first-order valence-electron chi connectivity index (χ1n) is 10.5. The average Bonchev–Trinajstić information content (AvgIpc) is 3.24. The molecule has 2 aliphatic heterocycles. The summed E-state index contributed by atoms with van der Waals surface area (Å²) in [7, 11) is 0. The van der Waals surface area contributed by atoms with E-state index in [1.165, 1.54) is 6.42 Å². The van der Waals surface area contributed by atoms with Gasteiger partial charge in [0.2, 0.25) is 17.7 Å². The average molecular weight is 396 g/mol. The van der Waals surface area contributed by atoms with Crippen molar-refractivity contribution in [3.8, 4) is 11.5 Å². The van der Waals surface area contributed by atoms with Crippen molar-refractivity contribution in [3.05, 3.63) is 42.3 Å². The van der Waals surface area contributed by atoms with Crippen molar-refractivity contribution in [1.29, 1.82) is 0 Å². The molecule has 1 aromatic carbocycles. The molecule has 2 saturated heterocycles. The lowest BCUT2D eigenvalue weighted by atomic mass is 10.1. The second-order valence-electron chi connectivity index (χ2n) is 7.79. The van der Waals surface area contributed by atoms with Crippen molar-refractivity contribution in [2.24, 2.45) is 0 Å². The summed E-state index contributed by atoms with van der Waals surface area (Å²) in [6.07, 6.45) is 5.25. The van der Waals surface area contributed by atoms with Crippen molar-refractivity contribution in [2.45, 2.75) is 25.7 Å². The lowest BCUT2D eigenvalue weighted by Crippen LogP contribution is -2.52. The third-order valence-electron chi connectivity index (χ3n) is 5.70. The number of carbonyl (C=O) groups is 2. The van der Waals surface area contributed by atoms with E-state index in [2.05, 4.69) is 9.88 Å². The van der Waals surface area contributed by atoms with Crippen LogP contribution in [-0.2, 0) is 16.0 Å². The molecule has 0 spiro atoms. The molecule has 2 aromatic rings. The van der Waals surface area contributed by atoms with Crippen LogP contribution in [0.15, 0.2) is 41.0 Å². The molecule has 0 bridgehead atoms. The lowest BCUT2D eigenvalue weighted by Gasteiger charge is -2.36. The molecule has 2 fully saturated rings. The number of piperidine rings is 1. The minimum absolute atomic E-state index is 0.0555. The molecule has 0 aliphatic carbocycles. The van der Waals surface area contributed by atoms with Gasteiger partial charge in [-0.05, 0) is 31.4 Å². The number of rotatable bonds is 5. The molecule has 3 heterocycles. The van der Waals surface area contributed by atoms with E-state index >= 15 is 0 Å². The maximum atomic E-state index is 12.6. The Balaban J connectivity index is 1.24. The van der Waals surface area contributed by atoms with Gasteiger partial charge < -0.3 is 14.2 Å². The van der Waals surface area contributed by atoms with E-state index < -0.39 is 0 Å². The summed E-state index contributed by atoms with van der Waals surface area (Å²) in [4.78, 5) is 35.5. The van der Waals surface area contributed by atoms with Crippen molar-refractivity contribution in [2.75, 3.05) is 45.8 Å². The van der Waals surface area contributed by atoms with Gasteiger partial charge in [0, 0.05) is 44.8 Å².